The molecule has 98 valence electrons. The van der Waals surface area contributed by atoms with E-state index in [4.69, 9.17) is 21.1 Å². The summed E-state index contributed by atoms with van der Waals surface area (Å²) in [4.78, 5) is 0. The van der Waals surface area contributed by atoms with Gasteiger partial charge in [-0.15, -0.1) is 0 Å². The minimum absolute atomic E-state index is 0.236. The topological polar surface area (TPSA) is 38.7 Å². The van der Waals surface area contributed by atoms with Gasteiger partial charge in [-0.05, 0) is 25.1 Å². The van der Waals surface area contributed by atoms with Gasteiger partial charge in [-0.2, -0.15) is 0 Å². The lowest BCUT2D eigenvalue weighted by Gasteiger charge is -2.50. The van der Waals surface area contributed by atoms with Crippen LogP contribution in [0.2, 0.25) is 5.02 Å². The van der Waals surface area contributed by atoms with E-state index in [-0.39, 0.29) is 11.7 Å². The number of hydrogen-bond acceptors (Lipinski definition) is 3. The van der Waals surface area contributed by atoms with E-state index in [1.54, 1.807) is 12.1 Å². The summed E-state index contributed by atoms with van der Waals surface area (Å²) in [6.45, 7) is 2.73. The highest BCUT2D eigenvalue weighted by atomic mass is 35.5. The summed E-state index contributed by atoms with van der Waals surface area (Å²) in [6.07, 6.45) is 2.13. The minimum atomic E-state index is -0.491. The standard InChI is InChI=1S/C14H17ClO3/c1-2-17-10-6-14(7-10)8-12(16)11-5-9(15)3-4-13(11)18-14/h3-5,10,12,16H,2,6-8H2,1H3. The van der Waals surface area contributed by atoms with Crippen LogP contribution in [0.1, 0.15) is 37.9 Å². The first-order valence-electron chi connectivity index (χ1n) is 6.40. The maximum absolute atomic E-state index is 10.2. The first-order chi connectivity index (χ1) is 8.62. The van der Waals surface area contributed by atoms with Crippen LogP contribution in [0.25, 0.3) is 0 Å². The molecule has 1 aromatic rings. The van der Waals surface area contributed by atoms with Crippen molar-refractivity contribution in [3.63, 3.8) is 0 Å². The van der Waals surface area contributed by atoms with Gasteiger partial charge in [0.25, 0.3) is 0 Å². The third-order valence-corrected chi connectivity index (χ3v) is 4.06. The fourth-order valence-corrected chi connectivity index (χ4v) is 3.16. The third-order valence-electron chi connectivity index (χ3n) is 3.82. The van der Waals surface area contributed by atoms with Crippen LogP contribution in [0.5, 0.6) is 5.75 Å². The zero-order valence-corrected chi connectivity index (χ0v) is 11.1. The predicted octanol–water partition coefficient (Wildman–Crippen LogP) is 3.09. The average molecular weight is 269 g/mol. The molecule has 1 heterocycles. The van der Waals surface area contributed by atoms with Gasteiger partial charge in [-0.3, -0.25) is 0 Å². The van der Waals surface area contributed by atoms with Crippen LogP contribution in [-0.2, 0) is 4.74 Å². The molecule has 1 aliphatic heterocycles. The molecule has 1 spiro atoms. The van der Waals surface area contributed by atoms with Gasteiger partial charge in [0, 0.05) is 36.5 Å². The van der Waals surface area contributed by atoms with E-state index in [2.05, 4.69) is 0 Å². The van der Waals surface area contributed by atoms with Crippen LogP contribution >= 0.6 is 11.6 Å². The Morgan fingerprint density at radius 3 is 2.94 bits per heavy atom. The molecule has 0 radical (unpaired) electrons. The van der Waals surface area contributed by atoms with Crippen LogP contribution in [0.15, 0.2) is 18.2 Å². The van der Waals surface area contributed by atoms with Gasteiger partial charge in [0.05, 0.1) is 12.2 Å². The Hall–Kier alpha value is -0.770. The Morgan fingerprint density at radius 2 is 2.22 bits per heavy atom. The first-order valence-corrected chi connectivity index (χ1v) is 6.78. The van der Waals surface area contributed by atoms with Gasteiger partial charge in [-0.25, -0.2) is 0 Å². The van der Waals surface area contributed by atoms with Gasteiger partial charge >= 0.3 is 0 Å². The summed E-state index contributed by atoms with van der Waals surface area (Å²) in [5, 5.41) is 10.9. The summed E-state index contributed by atoms with van der Waals surface area (Å²) >= 11 is 5.94. The van der Waals surface area contributed by atoms with E-state index < -0.39 is 6.10 Å². The second kappa shape index (κ2) is 4.41. The van der Waals surface area contributed by atoms with Crippen molar-refractivity contribution in [1.29, 1.82) is 0 Å². The minimum Gasteiger partial charge on any atom is -0.487 e. The fourth-order valence-electron chi connectivity index (χ4n) is 2.98. The molecule has 1 aromatic carbocycles. The molecule has 1 saturated carbocycles. The van der Waals surface area contributed by atoms with E-state index in [0.29, 0.717) is 11.4 Å². The van der Waals surface area contributed by atoms with Crippen molar-refractivity contribution in [3.8, 4) is 5.75 Å². The van der Waals surface area contributed by atoms with Crippen LogP contribution in [0.4, 0.5) is 0 Å². The molecule has 0 bridgehead atoms. The van der Waals surface area contributed by atoms with E-state index in [1.807, 2.05) is 13.0 Å². The van der Waals surface area contributed by atoms with Gasteiger partial charge in [0.1, 0.15) is 11.4 Å². The van der Waals surface area contributed by atoms with Crippen LogP contribution < -0.4 is 4.74 Å². The second-order valence-corrected chi connectivity index (χ2v) is 5.61. The van der Waals surface area contributed by atoms with Crippen molar-refractivity contribution < 1.29 is 14.6 Å². The van der Waals surface area contributed by atoms with Crippen LogP contribution in [-0.4, -0.2) is 23.4 Å². The lowest BCUT2D eigenvalue weighted by molar-refractivity contribution is -0.147. The molecule has 0 aromatic heterocycles. The number of aliphatic hydroxyl groups is 1. The van der Waals surface area contributed by atoms with Crippen LogP contribution in [0.3, 0.4) is 0 Å². The highest BCUT2D eigenvalue weighted by Crippen LogP contribution is 2.50. The largest absolute Gasteiger partial charge is 0.487 e. The third kappa shape index (κ3) is 2.00. The second-order valence-electron chi connectivity index (χ2n) is 5.17. The quantitative estimate of drug-likeness (QED) is 0.896. The van der Waals surface area contributed by atoms with E-state index in [0.717, 1.165) is 30.8 Å². The molecule has 3 rings (SSSR count). The maximum Gasteiger partial charge on any atom is 0.126 e. The van der Waals surface area contributed by atoms with Gasteiger partial charge < -0.3 is 14.6 Å². The highest BCUT2D eigenvalue weighted by molar-refractivity contribution is 6.30. The number of halogens is 1. The Kier molecular flexibility index (Phi) is 3.00. The molecule has 2 aliphatic rings. The van der Waals surface area contributed by atoms with Gasteiger partial charge in [0.2, 0.25) is 0 Å². The van der Waals surface area contributed by atoms with E-state index in [1.165, 1.54) is 0 Å². The van der Waals surface area contributed by atoms with E-state index in [9.17, 15) is 5.11 Å². The highest BCUT2D eigenvalue weighted by Gasteiger charge is 2.51. The molecule has 0 amide bonds. The Bertz CT molecular complexity index is 454. The molecule has 1 atom stereocenters. The molecule has 3 nitrogen and oxygen atoms in total. The maximum atomic E-state index is 10.2. The normalized spacial score (nSPS) is 33.7. The summed E-state index contributed by atoms with van der Waals surface area (Å²) in [7, 11) is 0. The Balaban J connectivity index is 1.79. The molecular weight excluding hydrogens is 252 g/mol. The molecule has 1 aliphatic carbocycles. The van der Waals surface area contributed by atoms with Crippen LogP contribution in [0, 0.1) is 0 Å². The van der Waals surface area contributed by atoms with Gasteiger partial charge in [-0.1, -0.05) is 11.6 Å². The van der Waals surface area contributed by atoms with E-state index >= 15 is 0 Å². The molecule has 0 saturated heterocycles. The SMILES string of the molecule is CCOC1CC2(C1)CC(O)c1cc(Cl)ccc1O2. The lowest BCUT2D eigenvalue weighted by atomic mass is 9.71. The zero-order valence-electron chi connectivity index (χ0n) is 10.4. The number of benzene rings is 1. The first kappa shape index (κ1) is 12.3. The zero-order chi connectivity index (χ0) is 12.8. The lowest BCUT2D eigenvalue weighted by Crippen LogP contribution is -2.55. The van der Waals surface area contributed by atoms with Crippen molar-refractivity contribution in [1.82, 2.24) is 0 Å². The van der Waals surface area contributed by atoms with Gasteiger partial charge in [0.15, 0.2) is 0 Å². The molecule has 1 fully saturated rings. The summed E-state index contributed by atoms with van der Waals surface area (Å²) in [6, 6.07) is 5.42. The van der Waals surface area contributed by atoms with Crippen molar-refractivity contribution in [2.75, 3.05) is 6.61 Å². The number of aliphatic hydroxyl groups excluding tert-OH is 1. The molecule has 4 heteroatoms. The average Bonchev–Trinajstić information content (AvgIpc) is 2.29. The smallest absolute Gasteiger partial charge is 0.126 e. The molecule has 1 unspecified atom stereocenters. The van der Waals surface area contributed by atoms with Crippen molar-refractivity contribution >= 4 is 11.6 Å². The summed E-state index contributed by atoms with van der Waals surface area (Å²) in [5.41, 5.74) is 0.563. The predicted molar refractivity (Wildman–Crippen MR) is 69.0 cm³/mol. The molecular formula is C14H17ClO3. The van der Waals surface area contributed by atoms with Crippen molar-refractivity contribution in [2.24, 2.45) is 0 Å². The van der Waals surface area contributed by atoms with Crippen molar-refractivity contribution in [2.45, 2.75) is 44.0 Å². The summed E-state index contributed by atoms with van der Waals surface area (Å²) < 4.78 is 11.6. The van der Waals surface area contributed by atoms with Crippen molar-refractivity contribution in [3.05, 3.63) is 28.8 Å². The molecule has 18 heavy (non-hydrogen) atoms. The Morgan fingerprint density at radius 1 is 1.44 bits per heavy atom. The number of fused-ring (bicyclic) bond motifs is 1. The summed E-state index contributed by atoms with van der Waals surface area (Å²) in [5.74, 6) is 0.757. The number of ether oxygens (including phenoxy) is 2. The Labute approximate surface area is 112 Å². The monoisotopic (exact) mass is 268 g/mol. The number of hydrogen-bond donors (Lipinski definition) is 1. The number of rotatable bonds is 2. The fraction of sp³-hybridized carbons (Fsp3) is 0.571. The molecule has 1 N–H and O–H groups in total.